The number of nitrogens with one attached hydrogen (secondary N) is 1. The van der Waals surface area contributed by atoms with Gasteiger partial charge in [0, 0.05) is 5.41 Å². The first-order valence-electron chi connectivity index (χ1n) is 6.13. The van der Waals surface area contributed by atoms with Crippen molar-refractivity contribution in [1.29, 1.82) is 0 Å². The summed E-state index contributed by atoms with van der Waals surface area (Å²) in [6.45, 7) is 1.82. The molecule has 0 aliphatic heterocycles. The predicted molar refractivity (Wildman–Crippen MR) is 88.2 cm³/mol. The molecule has 0 bridgehead atoms. The van der Waals surface area contributed by atoms with Gasteiger partial charge in [-0.2, -0.15) is 0 Å². The molecule has 21 heavy (non-hydrogen) atoms. The van der Waals surface area contributed by atoms with Crippen molar-refractivity contribution >= 4 is 28.3 Å². The second-order valence-electron chi connectivity index (χ2n) is 3.94. The van der Waals surface area contributed by atoms with Crippen LogP contribution in [0, 0.1) is 0 Å². The maximum absolute atomic E-state index is 11.9. The van der Waals surface area contributed by atoms with Gasteiger partial charge in [0.1, 0.15) is 16.7 Å². The lowest BCUT2D eigenvalue weighted by Gasteiger charge is -2.04. The summed E-state index contributed by atoms with van der Waals surface area (Å²) < 4.78 is 24.9. The molecular formula is C15H18ClNO3S. The summed E-state index contributed by atoms with van der Waals surface area (Å²) in [6.07, 6.45) is 5.09. The third-order valence-electron chi connectivity index (χ3n) is 2.48. The minimum Gasteiger partial charge on any atom is -0.501 e. The summed E-state index contributed by atoms with van der Waals surface area (Å²) in [5, 5.41) is 2.00. The molecule has 0 spiro atoms. The molecule has 114 valence electrons. The molecular weight excluding hydrogens is 310 g/mol. The van der Waals surface area contributed by atoms with Gasteiger partial charge in [0.05, 0.1) is 30.7 Å². The van der Waals surface area contributed by atoms with Crippen LogP contribution in [0.15, 0.2) is 59.4 Å². The van der Waals surface area contributed by atoms with Gasteiger partial charge in [-0.05, 0) is 37.3 Å². The van der Waals surface area contributed by atoms with E-state index >= 15 is 0 Å². The summed E-state index contributed by atoms with van der Waals surface area (Å²) >= 11 is 5.98. The van der Waals surface area contributed by atoms with Crippen molar-refractivity contribution in [3.05, 3.63) is 64.4 Å². The molecule has 0 aromatic heterocycles. The molecule has 6 heteroatoms. The summed E-state index contributed by atoms with van der Waals surface area (Å²) in [5.74, 6) is 1.30. The molecule has 0 aliphatic carbocycles. The number of hydrogen-bond donors (Lipinski definition) is 1. The van der Waals surface area contributed by atoms with Crippen LogP contribution in [0.3, 0.4) is 0 Å². The number of halogens is 1. The lowest BCUT2D eigenvalue weighted by Crippen LogP contribution is -2.01. The highest BCUT2D eigenvalue weighted by atomic mass is 35.5. The van der Waals surface area contributed by atoms with E-state index in [9.17, 15) is 4.21 Å². The van der Waals surface area contributed by atoms with Crippen molar-refractivity contribution in [2.45, 2.75) is 6.92 Å². The molecule has 1 aromatic carbocycles. The highest BCUT2D eigenvalue weighted by molar-refractivity contribution is 7.89. The Bertz CT molecular complexity index is 582. The van der Waals surface area contributed by atoms with Gasteiger partial charge in [0.25, 0.3) is 0 Å². The third-order valence-corrected chi connectivity index (χ3v) is 3.61. The van der Waals surface area contributed by atoms with Crippen LogP contribution in [0.5, 0.6) is 0 Å². The molecule has 0 saturated carbocycles. The van der Waals surface area contributed by atoms with E-state index in [1.54, 1.807) is 37.5 Å². The number of para-hydroxylation sites is 1. The van der Waals surface area contributed by atoms with E-state index in [2.05, 4.69) is 4.72 Å². The topological polar surface area (TPSA) is 47.6 Å². The second-order valence-corrected chi connectivity index (χ2v) is 5.41. The molecule has 1 unspecified atom stereocenters. The zero-order valence-corrected chi connectivity index (χ0v) is 13.7. The molecule has 4 nitrogen and oxygen atoms in total. The molecule has 1 atom stereocenters. The monoisotopic (exact) mass is 327 g/mol. The van der Waals surface area contributed by atoms with Gasteiger partial charge in [0.15, 0.2) is 0 Å². The van der Waals surface area contributed by atoms with Crippen LogP contribution < -0.4 is 4.72 Å². The summed E-state index contributed by atoms with van der Waals surface area (Å²) in [4.78, 5) is 0. The molecule has 0 saturated heterocycles. The maximum Gasteiger partial charge on any atom is 0.142 e. The van der Waals surface area contributed by atoms with E-state index < -0.39 is 11.0 Å². The van der Waals surface area contributed by atoms with E-state index in [0.29, 0.717) is 16.5 Å². The van der Waals surface area contributed by atoms with Crippen LogP contribution in [0.25, 0.3) is 0 Å². The van der Waals surface area contributed by atoms with Crippen molar-refractivity contribution in [2.75, 3.05) is 18.9 Å². The zero-order chi connectivity index (χ0) is 15.7. The van der Waals surface area contributed by atoms with Crippen molar-refractivity contribution in [3.8, 4) is 0 Å². The van der Waals surface area contributed by atoms with Gasteiger partial charge in [-0.3, -0.25) is 0 Å². The Morgan fingerprint density at radius 1 is 1.24 bits per heavy atom. The van der Waals surface area contributed by atoms with E-state index in [-0.39, 0.29) is 0 Å². The summed E-state index contributed by atoms with van der Waals surface area (Å²) in [6, 6.07) is 7.10. The zero-order valence-electron chi connectivity index (χ0n) is 12.1. The SMILES string of the molecule is CO/C(C)=C/C=C(\C=C\S(=O)Nc1ccccc1Cl)OC. The fourth-order valence-electron chi connectivity index (χ4n) is 1.27. The second kappa shape index (κ2) is 9.26. The molecule has 1 rings (SSSR count). The smallest absolute Gasteiger partial charge is 0.142 e. The standard InChI is InChI=1S/C15H18ClNO3S/c1-12(19-2)8-9-13(20-3)10-11-21(18)17-15-7-5-4-6-14(15)16/h4-11,17H,1-3H3/b11-10+,12-8+,13-9+. The Morgan fingerprint density at radius 2 is 1.95 bits per heavy atom. The Labute approximate surface area is 132 Å². The van der Waals surface area contributed by atoms with Gasteiger partial charge < -0.3 is 14.2 Å². The fraction of sp³-hybridized carbons (Fsp3) is 0.200. The number of anilines is 1. The molecule has 0 aliphatic rings. The summed E-state index contributed by atoms with van der Waals surface area (Å²) in [7, 11) is 1.72. The first-order valence-corrected chi connectivity index (χ1v) is 7.72. The van der Waals surface area contributed by atoms with Crippen LogP contribution in [0.1, 0.15) is 6.92 Å². The third kappa shape index (κ3) is 6.51. The molecule has 0 radical (unpaired) electrons. The van der Waals surface area contributed by atoms with Gasteiger partial charge in [-0.25, -0.2) is 4.21 Å². The van der Waals surface area contributed by atoms with Crippen molar-refractivity contribution in [3.63, 3.8) is 0 Å². The molecule has 1 aromatic rings. The highest BCUT2D eigenvalue weighted by Crippen LogP contribution is 2.21. The lowest BCUT2D eigenvalue weighted by molar-refractivity contribution is 0.291. The average molecular weight is 328 g/mol. The van der Waals surface area contributed by atoms with Crippen LogP contribution in [-0.4, -0.2) is 18.4 Å². The van der Waals surface area contributed by atoms with Crippen molar-refractivity contribution in [1.82, 2.24) is 0 Å². The van der Waals surface area contributed by atoms with Crippen LogP contribution >= 0.6 is 11.6 Å². The van der Waals surface area contributed by atoms with E-state index in [4.69, 9.17) is 21.1 Å². The molecule has 1 N–H and O–H groups in total. The molecule has 0 amide bonds. The van der Waals surface area contributed by atoms with Gasteiger partial charge >= 0.3 is 0 Å². The lowest BCUT2D eigenvalue weighted by atomic mass is 10.3. The normalized spacial score (nSPS) is 14.1. The fourth-order valence-corrected chi connectivity index (χ4v) is 2.23. The minimum absolute atomic E-state index is 0.514. The number of allylic oxidation sites excluding steroid dienone is 4. The predicted octanol–water partition coefficient (Wildman–Crippen LogP) is 4.01. The number of hydrogen-bond acceptors (Lipinski definition) is 3. The first-order chi connectivity index (χ1) is 10.1. The first kappa shape index (κ1) is 17.3. The quantitative estimate of drug-likeness (QED) is 0.608. The number of benzene rings is 1. The summed E-state index contributed by atoms with van der Waals surface area (Å²) in [5.41, 5.74) is 0.611. The Kier molecular flexibility index (Phi) is 7.64. The number of ether oxygens (including phenoxy) is 2. The average Bonchev–Trinajstić information content (AvgIpc) is 2.49. The van der Waals surface area contributed by atoms with Crippen molar-refractivity contribution in [2.24, 2.45) is 0 Å². The van der Waals surface area contributed by atoms with Crippen LogP contribution in [0.2, 0.25) is 5.02 Å². The van der Waals surface area contributed by atoms with Crippen molar-refractivity contribution < 1.29 is 13.7 Å². The van der Waals surface area contributed by atoms with Crippen LogP contribution in [0.4, 0.5) is 5.69 Å². The van der Waals surface area contributed by atoms with E-state index in [1.165, 1.54) is 12.5 Å². The van der Waals surface area contributed by atoms with Gasteiger partial charge in [-0.1, -0.05) is 23.7 Å². The highest BCUT2D eigenvalue weighted by Gasteiger charge is 2.00. The number of methoxy groups -OCH3 is 2. The Hall–Kier alpha value is -1.72. The largest absolute Gasteiger partial charge is 0.501 e. The molecule has 0 fully saturated rings. The van der Waals surface area contributed by atoms with E-state index in [1.807, 2.05) is 19.1 Å². The minimum atomic E-state index is -1.41. The van der Waals surface area contributed by atoms with Gasteiger partial charge in [-0.15, -0.1) is 0 Å². The van der Waals surface area contributed by atoms with Gasteiger partial charge in [0.2, 0.25) is 0 Å². The Morgan fingerprint density at radius 3 is 2.57 bits per heavy atom. The maximum atomic E-state index is 11.9. The van der Waals surface area contributed by atoms with Crippen LogP contribution in [-0.2, 0) is 20.5 Å². The molecule has 0 heterocycles. The van der Waals surface area contributed by atoms with E-state index in [0.717, 1.165) is 5.76 Å². The Balaban J connectivity index is 2.70. The number of rotatable bonds is 7.